The second-order valence-electron chi connectivity index (χ2n) is 7.96. The number of nitrogens with zero attached hydrogens (tertiary/aromatic N) is 3. The number of oxazole rings is 1. The van der Waals surface area contributed by atoms with E-state index in [0.717, 1.165) is 67.0 Å². The molecule has 1 atom stereocenters. The van der Waals surface area contributed by atoms with E-state index >= 15 is 0 Å². The van der Waals surface area contributed by atoms with Gasteiger partial charge in [0, 0.05) is 30.3 Å². The molecule has 5 rings (SSSR count). The number of aromatic amines is 1. The summed E-state index contributed by atoms with van der Waals surface area (Å²) in [6.45, 7) is 3.69. The SMILES string of the molecule is CC1CCc2[nH]nc(C(=O)N3CCC(c4nc5ccccc5o4)CC3)c2C1. The van der Waals surface area contributed by atoms with Gasteiger partial charge in [-0.05, 0) is 50.2 Å². The molecular formula is C21H24N4O2. The number of H-pyrrole nitrogens is 1. The van der Waals surface area contributed by atoms with E-state index in [1.807, 2.05) is 29.2 Å². The van der Waals surface area contributed by atoms with Crippen LogP contribution < -0.4 is 0 Å². The highest BCUT2D eigenvalue weighted by Crippen LogP contribution is 2.32. The van der Waals surface area contributed by atoms with Crippen LogP contribution in [0.25, 0.3) is 11.1 Å². The fourth-order valence-electron chi connectivity index (χ4n) is 4.39. The van der Waals surface area contributed by atoms with E-state index in [9.17, 15) is 4.79 Å². The molecule has 27 heavy (non-hydrogen) atoms. The number of rotatable bonds is 2. The summed E-state index contributed by atoms with van der Waals surface area (Å²) >= 11 is 0. The van der Waals surface area contributed by atoms with Crippen LogP contribution in [0, 0.1) is 5.92 Å². The molecule has 1 saturated heterocycles. The zero-order valence-electron chi connectivity index (χ0n) is 15.6. The van der Waals surface area contributed by atoms with Crippen LogP contribution in [0.5, 0.6) is 0 Å². The summed E-state index contributed by atoms with van der Waals surface area (Å²) in [6, 6.07) is 7.86. The van der Waals surface area contributed by atoms with Crippen LogP contribution in [0.3, 0.4) is 0 Å². The van der Waals surface area contributed by atoms with Crippen LogP contribution in [0.1, 0.15) is 59.7 Å². The lowest BCUT2D eigenvalue weighted by atomic mass is 9.87. The predicted octanol–water partition coefficient (Wildman–Crippen LogP) is 3.70. The fraction of sp³-hybridized carbons (Fsp3) is 0.476. The molecule has 1 fully saturated rings. The monoisotopic (exact) mass is 364 g/mol. The highest BCUT2D eigenvalue weighted by Gasteiger charge is 2.31. The summed E-state index contributed by atoms with van der Waals surface area (Å²) in [5, 5.41) is 7.46. The second-order valence-corrected chi connectivity index (χ2v) is 7.96. The largest absolute Gasteiger partial charge is 0.440 e. The molecule has 3 heterocycles. The third-order valence-corrected chi connectivity index (χ3v) is 6.04. The summed E-state index contributed by atoms with van der Waals surface area (Å²) in [7, 11) is 0. The van der Waals surface area contributed by atoms with Gasteiger partial charge in [0.15, 0.2) is 17.2 Å². The number of piperidine rings is 1. The Morgan fingerprint density at radius 1 is 1.22 bits per heavy atom. The van der Waals surface area contributed by atoms with E-state index in [2.05, 4.69) is 22.1 Å². The molecule has 6 heteroatoms. The van der Waals surface area contributed by atoms with Crippen molar-refractivity contribution < 1.29 is 9.21 Å². The average molecular weight is 364 g/mol. The summed E-state index contributed by atoms with van der Waals surface area (Å²) < 4.78 is 5.93. The first kappa shape index (κ1) is 16.5. The van der Waals surface area contributed by atoms with Crippen molar-refractivity contribution in [1.82, 2.24) is 20.1 Å². The number of aryl methyl sites for hydroxylation is 1. The van der Waals surface area contributed by atoms with Gasteiger partial charge in [-0.2, -0.15) is 5.10 Å². The second kappa shape index (κ2) is 6.51. The third kappa shape index (κ3) is 2.93. The Kier molecular flexibility index (Phi) is 3.99. The van der Waals surface area contributed by atoms with E-state index in [1.54, 1.807) is 0 Å². The molecule has 140 valence electrons. The van der Waals surface area contributed by atoms with Crippen LogP contribution in [0.15, 0.2) is 28.7 Å². The molecule has 1 amide bonds. The molecule has 0 bridgehead atoms. The summed E-state index contributed by atoms with van der Waals surface area (Å²) in [5.74, 6) is 1.76. The number of likely N-dealkylation sites (tertiary alicyclic amines) is 1. The molecule has 0 radical (unpaired) electrons. The summed E-state index contributed by atoms with van der Waals surface area (Å²) in [4.78, 5) is 19.6. The number of para-hydroxylation sites is 2. The lowest BCUT2D eigenvalue weighted by Gasteiger charge is -2.30. The van der Waals surface area contributed by atoms with E-state index in [0.29, 0.717) is 11.6 Å². The van der Waals surface area contributed by atoms with E-state index in [4.69, 9.17) is 4.42 Å². The van der Waals surface area contributed by atoms with Crippen molar-refractivity contribution in [2.75, 3.05) is 13.1 Å². The lowest BCUT2D eigenvalue weighted by molar-refractivity contribution is 0.0699. The van der Waals surface area contributed by atoms with Crippen LogP contribution in [0.2, 0.25) is 0 Å². The number of nitrogens with one attached hydrogen (secondary N) is 1. The van der Waals surface area contributed by atoms with Crippen molar-refractivity contribution >= 4 is 17.0 Å². The van der Waals surface area contributed by atoms with Crippen molar-refractivity contribution in [3.05, 3.63) is 47.1 Å². The zero-order chi connectivity index (χ0) is 18.4. The molecule has 3 aromatic rings. The minimum atomic E-state index is 0.0672. The van der Waals surface area contributed by atoms with Crippen LogP contribution >= 0.6 is 0 Å². The first-order valence-electron chi connectivity index (χ1n) is 9.90. The van der Waals surface area contributed by atoms with Gasteiger partial charge in [0.25, 0.3) is 5.91 Å². The lowest BCUT2D eigenvalue weighted by Crippen LogP contribution is -2.38. The molecule has 1 N–H and O–H groups in total. The van der Waals surface area contributed by atoms with Crippen molar-refractivity contribution in [2.24, 2.45) is 5.92 Å². The van der Waals surface area contributed by atoms with Gasteiger partial charge in [0.05, 0.1) is 0 Å². The Bertz CT molecular complexity index is 948. The molecule has 1 unspecified atom stereocenters. The Morgan fingerprint density at radius 2 is 2.04 bits per heavy atom. The molecule has 6 nitrogen and oxygen atoms in total. The Hall–Kier alpha value is -2.63. The molecule has 1 aromatic carbocycles. The number of hydrogen-bond acceptors (Lipinski definition) is 4. The number of aromatic nitrogens is 3. The van der Waals surface area contributed by atoms with Gasteiger partial charge in [0.2, 0.25) is 0 Å². The summed E-state index contributed by atoms with van der Waals surface area (Å²) in [5.41, 5.74) is 4.67. The smallest absolute Gasteiger partial charge is 0.274 e. The molecule has 2 aromatic heterocycles. The predicted molar refractivity (Wildman–Crippen MR) is 102 cm³/mol. The molecular weight excluding hydrogens is 340 g/mol. The highest BCUT2D eigenvalue weighted by atomic mass is 16.3. The van der Waals surface area contributed by atoms with Crippen molar-refractivity contribution in [3.63, 3.8) is 0 Å². The molecule has 1 aliphatic heterocycles. The summed E-state index contributed by atoms with van der Waals surface area (Å²) in [6.07, 6.45) is 4.87. The van der Waals surface area contributed by atoms with Gasteiger partial charge in [0.1, 0.15) is 5.52 Å². The Morgan fingerprint density at radius 3 is 2.85 bits per heavy atom. The Balaban J connectivity index is 1.29. The van der Waals surface area contributed by atoms with Crippen LogP contribution in [0.4, 0.5) is 0 Å². The maximum Gasteiger partial charge on any atom is 0.274 e. The van der Waals surface area contributed by atoms with Gasteiger partial charge in [-0.1, -0.05) is 19.1 Å². The number of amides is 1. The standard InChI is InChI=1S/C21H24N4O2/c1-13-6-7-16-15(12-13)19(24-23-16)21(26)25-10-8-14(9-11-25)20-22-17-4-2-3-5-18(17)27-20/h2-5,13-14H,6-12H2,1H3,(H,23,24). The van der Waals surface area contributed by atoms with Gasteiger partial charge in [-0.15, -0.1) is 0 Å². The van der Waals surface area contributed by atoms with E-state index < -0.39 is 0 Å². The first-order chi connectivity index (χ1) is 13.2. The first-order valence-corrected chi connectivity index (χ1v) is 9.90. The normalized spacial score (nSPS) is 20.8. The average Bonchev–Trinajstić information content (AvgIpc) is 3.31. The van der Waals surface area contributed by atoms with Crippen molar-refractivity contribution in [2.45, 2.75) is 44.9 Å². The van der Waals surface area contributed by atoms with Crippen LogP contribution in [-0.4, -0.2) is 39.1 Å². The molecule has 1 aliphatic carbocycles. The van der Waals surface area contributed by atoms with Gasteiger partial charge < -0.3 is 9.32 Å². The van der Waals surface area contributed by atoms with Crippen LogP contribution in [-0.2, 0) is 12.8 Å². The highest BCUT2D eigenvalue weighted by molar-refractivity contribution is 5.94. The quantitative estimate of drug-likeness (QED) is 0.752. The minimum absolute atomic E-state index is 0.0672. The molecule has 0 spiro atoms. The van der Waals surface area contributed by atoms with Crippen molar-refractivity contribution in [1.29, 1.82) is 0 Å². The fourth-order valence-corrected chi connectivity index (χ4v) is 4.39. The number of carbonyl (C=O) groups is 1. The molecule has 2 aliphatic rings. The van der Waals surface area contributed by atoms with Gasteiger partial charge in [-0.25, -0.2) is 4.98 Å². The van der Waals surface area contributed by atoms with E-state index in [1.165, 1.54) is 6.42 Å². The maximum atomic E-state index is 13.0. The van der Waals surface area contributed by atoms with Gasteiger partial charge in [-0.3, -0.25) is 9.89 Å². The topological polar surface area (TPSA) is 75.0 Å². The Labute approximate surface area is 158 Å². The van der Waals surface area contributed by atoms with Gasteiger partial charge >= 0.3 is 0 Å². The van der Waals surface area contributed by atoms with E-state index in [-0.39, 0.29) is 11.8 Å². The zero-order valence-corrected chi connectivity index (χ0v) is 15.6. The number of hydrogen-bond donors (Lipinski definition) is 1. The number of fused-ring (bicyclic) bond motifs is 2. The maximum absolute atomic E-state index is 13.0. The van der Waals surface area contributed by atoms with Crippen molar-refractivity contribution in [3.8, 4) is 0 Å². The number of benzene rings is 1. The number of carbonyl (C=O) groups excluding carboxylic acids is 1. The third-order valence-electron chi connectivity index (χ3n) is 6.04. The molecule has 0 saturated carbocycles. The minimum Gasteiger partial charge on any atom is -0.440 e.